The molecular weight excluding hydrogens is 270 g/mol. The maximum absolute atomic E-state index is 12.3. The topological polar surface area (TPSA) is 66.8 Å². The summed E-state index contributed by atoms with van der Waals surface area (Å²) in [5, 5.41) is 9.12. The Bertz CT molecular complexity index is 576. The van der Waals surface area contributed by atoms with Crippen molar-refractivity contribution in [3.8, 4) is 18.1 Å². The molecule has 2 rings (SSSR count). The Kier molecular flexibility index (Phi) is 4.83. The molecule has 0 saturated carbocycles. The fraction of sp³-hybridized carbons (Fsp3) is 0.375. The van der Waals surface area contributed by atoms with Gasteiger partial charge in [-0.2, -0.15) is 0 Å². The van der Waals surface area contributed by atoms with Gasteiger partial charge in [0.1, 0.15) is 5.75 Å². The van der Waals surface area contributed by atoms with Gasteiger partial charge in [0.2, 0.25) is 12.0 Å². The number of para-hydroxylation sites is 2. The van der Waals surface area contributed by atoms with E-state index < -0.39 is 12.1 Å². The summed E-state index contributed by atoms with van der Waals surface area (Å²) in [4.78, 5) is 25.0. The molecule has 5 nitrogen and oxygen atoms in total. The number of ether oxygens (including phenoxy) is 1. The Morgan fingerprint density at radius 3 is 2.86 bits per heavy atom. The monoisotopic (exact) mass is 287 g/mol. The lowest BCUT2D eigenvalue weighted by molar-refractivity contribution is -0.145. The molecule has 1 aliphatic rings. The van der Waals surface area contributed by atoms with Crippen LogP contribution in [0.1, 0.15) is 25.7 Å². The number of fused-ring (bicyclic) bond motifs is 1. The number of benzene rings is 1. The van der Waals surface area contributed by atoms with Crippen molar-refractivity contribution in [2.75, 3.05) is 11.4 Å². The van der Waals surface area contributed by atoms with E-state index in [0.29, 0.717) is 30.7 Å². The van der Waals surface area contributed by atoms with Gasteiger partial charge in [0.25, 0.3) is 0 Å². The second-order valence-electron chi connectivity index (χ2n) is 4.83. The quantitative estimate of drug-likeness (QED) is 0.665. The summed E-state index contributed by atoms with van der Waals surface area (Å²) in [5.74, 6) is 1.78. The van der Waals surface area contributed by atoms with E-state index in [0.717, 1.165) is 6.42 Å². The third-order valence-electron chi connectivity index (χ3n) is 3.31. The zero-order chi connectivity index (χ0) is 15.2. The van der Waals surface area contributed by atoms with Crippen LogP contribution in [0.3, 0.4) is 0 Å². The molecule has 1 heterocycles. The van der Waals surface area contributed by atoms with Crippen molar-refractivity contribution in [2.24, 2.45) is 0 Å². The normalized spacial score (nSPS) is 16.5. The van der Waals surface area contributed by atoms with Crippen molar-refractivity contribution in [1.82, 2.24) is 0 Å². The van der Waals surface area contributed by atoms with E-state index in [1.54, 1.807) is 24.3 Å². The van der Waals surface area contributed by atoms with Crippen LogP contribution >= 0.6 is 0 Å². The second kappa shape index (κ2) is 6.80. The first-order valence-corrected chi connectivity index (χ1v) is 6.86. The van der Waals surface area contributed by atoms with Gasteiger partial charge in [0.05, 0.1) is 12.2 Å². The Morgan fingerprint density at radius 2 is 2.14 bits per heavy atom. The fourth-order valence-corrected chi connectivity index (χ4v) is 2.24. The molecule has 1 aliphatic heterocycles. The summed E-state index contributed by atoms with van der Waals surface area (Å²) in [7, 11) is 0. The van der Waals surface area contributed by atoms with Crippen LogP contribution in [0.25, 0.3) is 0 Å². The number of rotatable bonds is 5. The number of hydrogen-bond donors (Lipinski definition) is 1. The molecule has 0 aliphatic carbocycles. The number of carboxylic acids is 1. The summed E-state index contributed by atoms with van der Waals surface area (Å²) in [6, 6.07) is 6.97. The fourth-order valence-electron chi connectivity index (χ4n) is 2.24. The molecular formula is C16H17NO4. The maximum Gasteiger partial charge on any atom is 0.346 e. The summed E-state index contributed by atoms with van der Waals surface area (Å²) >= 11 is 0. The molecule has 0 aromatic heterocycles. The molecule has 110 valence electrons. The van der Waals surface area contributed by atoms with Gasteiger partial charge in [-0.05, 0) is 25.0 Å². The highest BCUT2D eigenvalue weighted by Crippen LogP contribution is 2.33. The highest BCUT2D eigenvalue weighted by molar-refractivity contribution is 5.96. The number of carbonyl (C=O) groups is 2. The van der Waals surface area contributed by atoms with Gasteiger partial charge in [-0.15, -0.1) is 12.3 Å². The number of carboxylic acid groups (broad SMARTS) is 1. The third kappa shape index (κ3) is 3.54. The van der Waals surface area contributed by atoms with Crippen LogP contribution in [-0.4, -0.2) is 29.6 Å². The molecule has 5 heteroatoms. The Labute approximate surface area is 123 Å². The number of nitrogens with zero attached hydrogens (tertiary/aromatic N) is 1. The van der Waals surface area contributed by atoms with E-state index in [2.05, 4.69) is 5.92 Å². The minimum atomic E-state index is -1.07. The first-order valence-electron chi connectivity index (χ1n) is 6.86. The Balaban J connectivity index is 2.12. The van der Waals surface area contributed by atoms with Gasteiger partial charge >= 0.3 is 5.97 Å². The lowest BCUT2D eigenvalue weighted by Crippen LogP contribution is -2.47. The minimum absolute atomic E-state index is 0.0281. The van der Waals surface area contributed by atoms with Crippen molar-refractivity contribution >= 4 is 17.6 Å². The SMILES string of the molecule is C#CCCCCC(=O)N1CC(C(=O)O)Oc2ccccc21. The van der Waals surface area contributed by atoms with Gasteiger partial charge in [-0.25, -0.2) is 4.79 Å². The third-order valence-corrected chi connectivity index (χ3v) is 3.31. The van der Waals surface area contributed by atoms with Crippen molar-refractivity contribution in [1.29, 1.82) is 0 Å². The van der Waals surface area contributed by atoms with Gasteiger partial charge < -0.3 is 14.7 Å². The minimum Gasteiger partial charge on any atom is -0.478 e. The highest BCUT2D eigenvalue weighted by atomic mass is 16.5. The van der Waals surface area contributed by atoms with E-state index in [1.807, 2.05) is 0 Å². The van der Waals surface area contributed by atoms with Crippen molar-refractivity contribution < 1.29 is 19.4 Å². The number of hydrogen-bond acceptors (Lipinski definition) is 3. The number of unbranched alkanes of at least 4 members (excludes halogenated alkanes) is 2. The van der Waals surface area contributed by atoms with Crippen LogP contribution in [0.15, 0.2) is 24.3 Å². The highest BCUT2D eigenvalue weighted by Gasteiger charge is 2.33. The summed E-state index contributed by atoms with van der Waals surface area (Å²) in [6.07, 6.45) is 6.62. The van der Waals surface area contributed by atoms with E-state index >= 15 is 0 Å². The number of terminal acetylenes is 1. The van der Waals surface area contributed by atoms with Crippen LogP contribution in [0.5, 0.6) is 5.75 Å². The lowest BCUT2D eigenvalue weighted by atomic mass is 10.1. The van der Waals surface area contributed by atoms with E-state index in [9.17, 15) is 9.59 Å². The molecule has 0 radical (unpaired) electrons. The molecule has 1 aromatic rings. The van der Waals surface area contributed by atoms with E-state index in [-0.39, 0.29) is 12.5 Å². The maximum atomic E-state index is 12.3. The zero-order valence-corrected chi connectivity index (χ0v) is 11.6. The second-order valence-corrected chi connectivity index (χ2v) is 4.83. The number of anilines is 1. The van der Waals surface area contributed by atoms with Gasteiger partial charge in [-0.1, -0.05) is 12.1 Å². The standard InChI is InChI=1S/C16H17NO4/c1-2-3-4-5-10-15(18)17-11-14(16(19)20)21-13-9-7-6-8-12(13)17/h1,6-9,14H,3-5,10-11H2,(H,19,20). The van der Waals surface area contributed by atoms with Crippen molar-refractivity contribution in [3.05, 3.63) is 24.3 Å². The van der Waals surface area contributed by atoms with Crippen LogP contribution in [0, 0.1) is 12.3 Å². The predicted molar refractivity (Wildman–Crippen MR) is 78.1 cm³/mol. The van der Waals surface area contributed by atoms with Crippen molar-refractivity contribution in [2.45, 2.75) is 31.8 Å². The molecule has 0 bridgehead atoms. The van der Waals surface area contributed by atoms with Crippen LogP contribution in [0.4, 0.5) is 5.69 Å². The molecule has 21 heavy (non-hydrogen) atoms. The molecule has 1 unspecified atom stereocenters. The molecule has 1 N–H and O–H groups in total. The first-order chi connectivity index (χ1) is 10.1. The zero-order valence-electron chi connectivity index (χ0n) is 11.6. The van der Waals surface area contributed by atoms with Gasteiger partial charge in [0.15, 0.2) is 0 Å². The van der Waals surface area contributed by atoms with Gasteiger partial charge in [0, 0.05) is 12.8 Å². The van der Waals surface area contributed by atoms with Crippen LogP contribution < -0.4 is 9.64 Å². The molecule has 1 atom stereocenters. The smallest absolute Gasteiger partial charge is 0.346 e. The first kappa shape index (κ1) is 14.9. The number of aliphatic carboxylic acids is 1. The summed E-state index contributed by atoms with van der Waals surface area (Å²) < 4.78 is 5.40. The number of carbonyl (C=O) groups excluding carboxylic acids is 1. The molecule has 0 spiro atoms. The van der Waals surface area contributed by atoms with Crippen LogP contribution in [-0.2, 0) is 9.59 Å². The summed E-state index contributed by atoms with van der Waals surface area (Å²) in [6.45, 7) is 0.0281. The average molecular weight is 287 g/mol. The van der Waals surface area contributed by atoms with Crippen molar-refractivity contribution in [3.63, 3.8) is 0 Å². The number of amides is 1. The molecule has 1 aromatic carbocycles. The Hall–Kier alpha value is -2.48. The molecule has 0 saturated heterocycles. The molecule has 0 fully saturated rings. The van der Waals surface area contributed by atoms with E-state index in [4.69, 9.17) is 16.3 Å². The lowest BCUT2D eigenvalue weighted by Gasteiger charge is -2.33. The van der Waals surface area contributed by atoms with Crippen LogP contribution in [0.2, 0.25) is 0 Å². The predicted octanol–water partition coefficient (Wildman–Crippen LogP) is 2.06. The summed E-state index contributed by atoms with van der Waals surface area (Å²) in [5.41, 5.74) is 0.622. The largest absolute Gasteiger partial charge is 0.478 e. The molecule has 1 amide bonds. The Morgan fingerprint density at radius 1 is 1.38 bits per heavy atom. The van der Waals surface area contributed by atoms with Gasteiger partial charge in [-0.3, -0.25) is 4.79 Å². The average Bonchev–Trinajstić information content (AvgIpc) is 2.50. The van der Waals surface area contributed by atoms with E-state index in [1.165, 1.54) is 4.90 Å².